The first-order valence-corrected chi connectivity index (χ1v) is 8.31. The summed E-state index contributed by atoms with van der Waals surface area (Å²) >= 11 is 0. The van der Waals surface area contributed by atoms with Crippen LogP contribution in [0, 0.1) is 0 Å². The van der Waals surface area contributed by atoms with Crippen LogP contribution in [0.4, 0.5) is 0 Å². The number of hydrogen-bond donors (Lipinski definition) is 2. The number of carbonyl (C=O) groups excluding carboxylic acids is 1. The predicted octanol–water partition coefficient (Wildman–Crippen LogP) is 2.09. The van der Waals surface area contributed by atoms with Gasteiger partial charge in [-0.2, -0.15) is 9.78 Å². The Hall–Kier alpha value is -3.25. The average molecular weight is 349 g/mol. The van der Waals surface area contributed by atoms with Crippen LogP contribution in [0.1, 0.15) is 28.5 Å². The number of benzene rings is 2. The topological polar surface area (TPSA) is 84.2 Å². The molecule has 2 N–H and O–H groups in total. The van der Waals surface area contributed by atoms with Gasteiger partial charge in [-0.3, -0.25) is 9.59 Å². The standard InChI is InChI=1S/C20H19N3O3/c24-14-13-17(15-7-3-1-4-8-15)21-20(26)18-11-12-19(25)23(22-18)16-9-5-2-6-10-16/h1-12,17,24H,13-14H2,(H,21,26). The highest BCUT2D eigenvalue weighted by Gasteiger charge is 2.17. The lowest BCUT2D eigenvalue weighted by Gasteiger charge is -2.18. The van der Waals surface area contributed by atoms with E-state index in [-0.39, 0.29) is 23.9 Å². The van der Waals surface area contributed by atoms with Gasteiger partial charge in [-0.1, -0.05) is 48.5 Å². The van der Waals surface area contributed by atoms with E-state index in [1.54, 1.807) is 24.3 Å². The number of hydrogen-bond acceptors (Lipinski definition) is 4. The van der Waals surface area contributed by atoms with Gasteiger partial charge in [0.25, 0.3) is 11.5 Å². The summed E-state index contributed by atoms with van der Waals surface area (Å²) in [5, 5.41) is 16.3. The van der Waals surface area contributed by atoms with Gasteiger partial charge in [0.2, 0.25) is 0 Å². The molecule has 1 heterocycles. The Morgan fingerprint density at radius 3 is 2.31 bits per heavy atom. The molecule has 1 unspecified atom stereocenters. The zero-order valence-corrected chi connectivity index (χ0v) is 14.1. The maximum Gasteiger partial charge on any atom is 0.272 e. The van der Waals surface area contributed by atoms with Crippen molar-refractivity contribution in [3.8, 4) is 5.69 Å². The second-order valence-electron chi connectivity index (χ2n) is 5.75. The number of aliphatic hydroxyl groups excluding tert-OH is 1. The van der Waals surface area contributed by atoms with Crippen molar-refractivity contribution >= 4 is 5.91 Å². The van der Waals surface area contributed by atoms with Crippen molar-refractivity contribution in [2.24, 2.45) is 0 Å². The molecule has 0 radical (unpaired) electrons. The fraction of sp³-hybridized carbons (Fsp3) is 0.150. The summed E-state index contributed by atoms with van der Waals surface area (Å²) in [5.74, 6) is -0.406. The highest BCUT2D eigenvalue weighted by Crippen LogP contribution is 2.16. The normalized spacial score (nSPS) is 11.7. The van der Waals surface area contributed by atoms with Crippen molar-refractivity contribution < 1.29 is 9.90 Å². The number of aromatic nitrogens is 2. The fourth-order valence-corrected chi connectivity index (χ4v) is 2.66. The van der Waals surface area contributed by atoms with E-state index in [4.69, 9.17) is 0 Å². The third-order valence-electron chi connectivity index (χ3n) is 3.96. The second kappa shape index (κ2) is 8.22. The molecule has 0 aliphatic rings. The lowest BCUT2D eigenvalue weighted by Crippen LogP contribution is -2.32. The molecule has 1 atom stereocenters. The van der Waals surface area contributed by atoms with Gasteiger partial charge in [-0.15, -0.1) is 0 Å². The number of carbonyl (C=O) groups is 1. The van der Waals surface area contributed by atoms with Crippen LogP contribution in [0.5, 0.6) is 0 Å². The zero-order chi connectivity index (χ0) is 18.4. The van der Waals surface area contributed by atoms with E-state index in [1.807, 2.05) is 36.4 Å². The third kappa shape index (κ3) is 4.04. The summed E-state index contributed by atoms with van der Waals surface area (Å²) in [7, 11) is 0. The molecule has 6 nitrogen and oxygen atoms in total. The van der Waals surface area contributed by atoms with Gasteiger partial charge in [-0.05, 0) is 30.2 Å². The van der Waals surface area contributed by atoms with Crippen LogP contribution in [0.3, 0.4) is 0 Å². The summed E-state index contributed by atoms with van der Waals surface area (Å²) in [4.78, 5) is 24.7. The lowest BCUT2D eigenvalue weighted by molar-refractivity contribution is 0.0923. The van der Waals surface area contributed by atoms with Gasteiger partial charge in [0.05, 0.1) is 11.7 Å². The third-order valence-corrected chi connectivity index (χ3v) is 3.96. The van der Waals surface area contributed by atoms with Crippen LogP contribution >= 0.6 is 0 Å². The average Bonchev–Trinajstić information content (AvgIpc) is 2.69. The molecular weight excluding hydrogens is 330 g/mol. The van der Waals surface area contributed by atoms with Crippen LogP contribution < -0.4 is 10.9 Å². The SMILES string of the molecule is O=C(NC(CCO)c1ccccc1)c1ccc(=O)n(-c2ccccc2)n1. The zero-order valence-electron chi connectivity index (χ0n) is 14.1. The Labute approximate surface area is 150 Å². The predicted molar refractivity (Wildman–Crippen MR) is 98.2 cm³/mol. The summed E-state index contributed by atoms with van der Waals surface area (Å²) < 4.78 is 1.19. The quantitative estimate of drug-likeness (QED) is 0.714. The largest absolute Gasteiger partial charge is 0.396 e. The van der Waals surface area contributed by atoms with Gasteiger partial charge in [-0.25, -0.2) is 0 Å². The Bertz CT molecular complexity index is 924. The first-order valence-electron chi connectivity index (χ1n) is 8.31. The number of amides is 1. The van der Waals surface area contributed by atoms with Crippen molar-refractivity contribution in [3.63, 3.8) is 0 Å². The number of nitrogens with zero attached hydrogens (tertiary/aromatic N) is 2. The van der Waals surface area contributed by atoms with Crippen LogP contribution in [-0.4, -0.2) is 27.4 Å². The molecule has 1 amide bonds. The number of nitrogens with one attached hydrogen (secondary N) is 1. The summed E-state index contributed by atoms with van der Waals surface area (Å²) in [6.07, 6.45) is 0.383. The second-order valence-corrected chi connectivity index (χ2v) is 5.75. The highest BCUT2D eigenvalue weighted by atomic mass is 16.3. The molecular formula is C20H19N3O3. The van der Waals surface area contributed by atoms with Gasteiger partial charge in [0.15, 0.2) is 0 Å². The Morgan fingerprint density at radius 1 is 1.00 bits per heavy atom. The molecule has 0 aliphatic heterocycles. The van der Waals surface area contributed by atoms with Crippen molar-refractivity contribution in [2.75, 3.05) is 6.61 Å². The van der Waals surface area contributed by atoms with Gasteiger partial charge < -0.3 is 10.4 Å². The molecule has 26 heavy (non-hydrogen) atoms. The summed E-state index contributed by atoms with van der Waals surface area (Å²) in [6, 6.07) is 20.7. The molecule has 6 heteroatoms. The Kier molecular flexibility index (Phi) is 5.56. The van der Waals surface area contributed by atoms with Crippen LogP contribution in [0.2, 0.25) is 0 Å². The summed E-state index contributed by atoms with van der Waals surface area (Å²) in [5.41, 5.74) is 1.29. The van der Waals surface area contributed by atoms with Gasteiger partial charge in [0.1, 0.15) is 5.69 Å². The molecule has 132 valence electrons. The first kappa shape index (κ1) is 17.6. The van der Waals surface area contributed by atoms with Gasteiger partial charge in [0, 0.05) is 12.7 Å². The minimum absolute atomic E-state index is 0.0587. The van der Waals surface area contributed by atoms with Crippen molar-refractivity contribution in [1.29, 1.82) is 0 Å². The molecule has 1 aromatic heterocycles. The Balaban J connectivity index is 1.86. The van der Waals surface area contributed by atoms with Crippen LogP contribution in [-0.2, 0) is 0 Å². The molecule has 3 rings (SSSR count). The van der Waals surface area contributed by atoms with Crippen LogP contribution in [0.15, 0.2) is 77.6 Å². The Morgan fingerprint density at radius 2 is 1.65 bits per heavy atom. The molecule has 0 bridgehead atoms. The van der Waals surface area contributed by atoms with E-state index in [0.29, 0.717) is 12.1 Å². The number of para-hydroxylation sites is 1. The minimum atomic E-state index is -0.406. The minimum Gasteiger partial charge on any atom is -0.396 e. The van der Waals surface area contributed by atoms with Gasteiger partial charge >= 0.3 is 0 Å². The van der Waals surface area contributed by atoms with Crippen molar-refractivity contribution in [1.82, 2.24) is 15.1 Å². The molecule has 0 saturated heterocycles. The van der Waals surface area contributed by atoms with E-state index >= 15 is 0 Å². The molecule has 3 aromatic rings. The van der Waals surface area contributed by atoms with E-state index < -0.39 is 5.91 Å². The van der Waals surface area contributed by atoms with E-state index in [1.165, 1.54) is 16.8 Å². The van der Waals surface area contributed by atoms with E-state index in [9.17, 15) is 14.7 Å². The monoisotopic (exact) mass is 349 g/mol. The van der Waals surface area contributed by atoms with E-state index in [2.05, 4.69) is 10.4 Å². The molecule has 0 saturated carbocycles. The highest BCUT2D eigenvalue weighted by molar-refractivity contribution is 5.92. The lowest BCUT2D eigenvalue weighted by atomic mass is 10.0. The molecule has 2 aromatic carbocycles. The van der Waals surface area contributed by atoms with Crippen LogP contribution in [0.25, 0.3) is 5.69 Å². The number of aliphatic hydroxyl groups is 1. The smallest absolute Gasteiger partial charge is 0.272 e. The summed E-state index contributed by atoms with van der Waals surface area (Å²) in [6.45, 7) is -0.0587. The molecule has 0 fully saturated rings. The number of rotatable bonds is 6. The molecule has 0 spiro atoms. The fourth-order valence-electron chi connectivity index (χ4n) is 2.66. The molecule has 0 aliphatic carbocycles. The first-order chi connectivity index (χ1) is 12.7. The maximum absolute atomic E-state index is 12.6. The maximum atomic E-state index is 12.6. The van der Waals surface area contributed by atoms with Crippen molar-refractivity contribution in [3.05, 3.63) is 94.4 Å². The van der Waals surface area contributed by atoms with Crippen molar-refractivity contribution in [2.45, 2.75) is 12.5 Å². The van der Waals surface area contributed by atoms with E-state index in [0.717, 1.165) is 5.56 Å².